The second kappa shape index (κ2) is 7.31. The highest BCUT2D eigenvalue weighted by atomic mass is 32.2. The van der Waals surface area contributed by atoms with Crippen molar-refractivity contribution in [3.63, 3.8) is 0 Å². The normalized spacial score (nSPS) is 15.7. The van der Waals surface area contributed by atoms with E-state index in [1.807, 2.05) is 0 Å². The molecule has 0 aliphatic heterocycles. The lowest BCUT2D eigenvalue weighted by Gasteiger charge is -2.23. The van der Waals surface area contributed by atoms with Crippen LogP contribution in [0.3, 0.4) is 0 Å². The number of aromatic hydroxyl groups is 1. The fourth-order valence-electron chi connectivity index (χ4n) is 3.37. The van der Waals surface area contributed by atoms with Crippen molar-refractivity contribution in [2.45, 2.75) is 47.8 Å². The molecule has 0 heterocycles. The zero-order valence-electron chi connectivity index (χ0n) is 14.0. The Morgan fingerprint density at radius 1 is 1.00 bits per heavy atom. The van der Waals surface area contributed by atoms with Crippen LogP contribution in [0.25, 0.3) is 0 Å². The summed E-state index contributed by atoms with van der Waals surface area (Å²) in [5.74, 6) is 0.940. The first kappa shape index (κ1) is 17.5. The van der Waals surface area contributed by atoms with Gasteiger partial charge in [-0.05, 0) is 66.8 Å². The number of sulfone groups is 1. The molecule has 0 aromatic heterocycles. The lowest BCUT2D eigenvalue weighted by atomic mass is 9.84. The van der Waals surface area contributed by atoms with Gasteiger partial charge in [0.15, 0.2) is 0 Å². The van der Waals surface area contributed by atoms with Crippen molar-refractivity contribution in [2.24, 2.45) is 0 Å². The van der Waals surface area contributed by atoms with Crippen LogP contribution in [-0.4, -0.2) is 13.5 Å². The number of phenols is 1. The van der Waals surface area contributed by atoms with Gasteiger partial charge < -0.3 is 9.84 Å². The Labute approximate surface area is 148 Å². The van der Waals surface area contributed by atoms with Crippen LogP contribution >= 0.6 is 0 Å². The average Bonchev–Trinajstić information content (AvgIpc) is 2.63. The summed E-state index contributed by atoms with van der Waals surface area (Å²) in [6, 6.07) is 10.8. The Morgan fingerprint density at radius 2 is 1.64 bits per heavy atom. The Kier molecular flexibility index (Phi) is 5.13. The van der Waals surface area contributed by atoms with Crippen molar-refractivity contribution in [2.75, 3.05) is 0 Å². The molecule has 0 amide bonds. The third kappa shape index (κ3) is 3.71. The molecule has 1 N–H and O–H groups in total. The van der Waals surface area contributed by atoms with Crippen LogP contribution in [0.4, 0.5) is 0 Å². The molecular weight excluding hydrogens is 336 g/mol. The lowest BCUT2D eigenvalue weighted by Crippen LogP contribution is -2.07. The average molecular weight is 358 g/mol. The highest BCUT2D eigenvalue weighted by Crippen LogP contribution is 2.38. The molecule has 1 aliphatic carbocycles. The molecule has 0 radical (unpaired) electrons. The fourth-order valence-corrected chi connectivity index (χ4v) is 4.67. The minimum absolute atomic E-state index is 0.181. The number of rotatable bonds is 5. The van der Waals surface area contributed by atoms with E-state index in [-0.39, 0.29) is 21.5 Å². The summed E-state index contributed by atoms with van der Waals surface area (Å²) in [7, 11) is -3.64. The molecule has 5 heteroatoms. The molecule has 1 aliphatic rings. The molecule has 1 fully saturated rings. The van der Waals surface area contributed by atoms with Gasteiger partial charge in [0.05, 0.1) is 16.1 Å². The maximum absolute atomic E-state index is 12.9. The summed E-state index contributed by atoms with van der Waals surface area (Å²) in [6.45, 7) is 3.47. The molecule has 2 aromatic rings. The van der Waals surface area contributed by atoms with E-state index in [1.165, 1.54) is 36.9 Å². The van der Waals surface area contributed by atoms with E-state index >= 15 is 0 Å². The Morgan fingerprint density at radius 3 is 2.28 bits per heavy atom. The minimum Gasteiger partial charge on any atom is -0.508 e. The van der Waals surface area contributed by atoms with Crippen molar-refractivity contribution in [1.29, 1.82) is 0 Å². The van der Waals surface area contributed by atoms with Gasteiger partial charge in [-0.25, -0.2) is 8.42 Å². The molecule has 1 saturated carbocycles. The first-order valence-corrected chi connectivity index (χ1v) is 9.96. The molecule has 2 aromatic carbocycles. The van der Waals surface area contributed by atoms with Gasteiger partial charge in [-0.2, -0.15) is 0 Å². The summed E-state index contributed by atoms with van der Waals surface area (Å²) < 4.78 is 30.9. The van der Waals surface area contributed by atoms with Crippen molar-refractivity contribution in [3.05, 3.63) is 60.9 Å². The summed E-state index contributed by atoms with van der Waals surface area (Å²) in [5, 5.41) is 10.2. The van der Waals surface area contributed by atoms with Gasteiger partial charge in [-0.15, -0.1) is 0 Å². The Hall–Kier alpha value is -2.27. The van der Waals surface area contributed by atoms with Gasteiger partial charge in [-0.3, -0.25) is 0 Å². The largest absolute Gasteiger partial charge is 0.508 e. The van der Waals surface area contributed by atoms with Crippen molar-refractivity contribution < 1.29 is 18.3 Å². The summed E-state index contributed by atoms with van der Waals surface area (Å²) in [5.41, 5.74) is 0.743. The third-order valence-corrected chi connectivity index (χ3v) is 6.48. The molecule has 4 nitrogen and oxygen atoms in total. The van der Waals surface area contributed by atoms with E-state index < -0.39 is 9.84 Å². The standard InChI is InChI=1S/C20H22O4S/c1-2-24-16-8-10-17(11-9-16)25(22,23)18-12-13-20(21)19(14-18)15-6-4-3-5-7-15/h2,8-15,21H,1,3-7H2. The first-order chi connectivity index (χ1) is 12.0. The van der Waals surface area contributed by atoms with E-state index in [0.29, 0.717) is 5.75 Å². The topological polar surface area (TPSA) is 63.6 Å². The van der Waals surface area contributed by atoms with Crippen molar-refractivity contribution in [1.82, 2.24) is 0 Å². The minimum atomic E-state index is -3.64. The molecule has 0 bridgehead atoms. The second-order valence-corrected chi connectivity index (χ2v) is 8.26. The van der Waals surface area contributed by atoms with Crippen LogP contribution < -0.4 is 4.74 Å². The lowest BCUT2D eigenvalue weighted by molar-refractivity contribution is 0.413. The van der Waals surface area contributed by atoms with E-state index in [2.05, 4.69) is 6.58 Å². The van der Waals surface area contributed by atoms with Crippen LogP contribution in [0.15, 0.2) is 65.1 Å². The summed E-state index contributed by atoms with van der Waals surface area (Å²) in [6.07, 6.45) is 6.71. The van der Waals surface area contributed by atoms with Crippen LogP contribution in [0.2, 0.25) is 0 Å². The van der Waals surface area contributed by atoms with E-state index in [4.69, 9.17) is 4.74 Å². The van der Waals surface area contributed by atoms with E-state index in [9.17, 15) is 13.5 Å². The highest BCUT2D eigenvalue weighted by Gasteiger charge is 2.23. The SMILES string of the molecule is C=COc1ccc(S(=O)(=O)c2ccc(O)c(C3CCCCC3)c2)cc1. The predicted octanol–water partition coefficient (Wildman–Crippen LogP) is 4.80. The monoisotopic (exact) mass is 358 g/mol. The molecule has 0 saturated heterocycles. The Balaban J connectivity index is 1.95. The molecular formula is C20H22O4S. The summed E-state index contributed by atoms with van der Waals surface area (Å²) >= 11 is 0. The number of benzene rings is 2. The highest BCUT2D eigenvalue weighted by molar-refractivity contribution is 7.91. The molecule has 25 heavy (non-hydrogen) atoms. The van der Waals surface area contributed by atoms with Crippen LogP contribution in [0.1, 0.15) is 43.6 Å². The number of ether oxygens (including phenoxy) is 1. The van der Waals surface area contributed by atoms with Gasteiger partial charge >= 0.3 is 0 Å². The second-order valence-electron chi connectivity index (χ2n) is 6.31. The molecule has 0 spiro atoms. The maximum Gasteiger partial charge on any atom is 0.206 e. The molecule has 3 rings (SSSR count). The van der Waals surface area contributed by atoms with Crippen LogP contribution in [0, 0.1) is 0 Å². The van der Waals surface area contributed by atoms with Gasteiger partial charge in [-0.1, -0.05) is 25.8 Å². The maximum atomic E-state index is 12.9. The van der Waals surface area contributed by atoms with Crippen LogP contribution in [0.5, 0.6) is 11.5 Å². The summed E-state index contributed by atoms with van der Waals surface area (Å²) in [4.78, 5) is 0.410. The smallest absolute Gasteiger partial charge is 0.206 e. The van der Waals surface area contributed by atoms with Gasteiger partial charge in [0.25, 0.3) is 0 Å². The molecule has 0 atom stereocenters. The van der Waals surface area contributed by atoms with E-state index in [1.54, 1.807) is 18.2 Å². The quantitative estimate of drug-likeness (QED) is 0.780. The number of hydrogen-bond acceptors (Lipinski definition) is 4. The molecule has 0 unspecified atom stereocenters. The van der Waals surface area contributed by atoms with Crippen LogP contribution in [-0.2, 0) is 9.84 Å². The van der Waals surface area contributed by atoms with E-state index in [0.717, 1.165) is 31.2 Å². The van der Waals surface area contributed by atoms with Gasteiger partial charge in [0.2, 0.25) is 9.84 Å². The third-order valence-electron chi connectivity index (χ3n) is 4.71. The van der Waals surface area contributed by atoms with Crippen molar-refractivity contribution in [3.8, 4) is 11.5 Å². The Bertz CT molecular complexity index is 848. The first-order valence-electron chi connectivity index (χ1n) is 8.48. The zero-order valence-corrected chi connectivity index (χ0v) is 14.8. The number of phenolic OH excluding ortho intramolecular Hbond substituents is 1. The number of hydrogen-bond donors (Lipinski definition) is 1. The fraction of sp³-hybridized carbons (Fsp3) is 0.300. The molecule has 132 valence electrons. The van der Waals surface area contributed by atoms with Crippen molar-refractivity contribution >= 4 is 9.84 Å². The zero-order chi connectivity index (χ0) is 17.9. The van der Waals surface area contributed by atoms with Gasteiger partial charge in [0, 0.05) is 0 Å². The predicted molar refractivity (Wildman–Crippen MR) is 96.7 cm³/mol. The van der Waals surface area contributed by atoms with Gasteiger partial charge in [0.1, 0.15) is 11.5 Å².